The molecule has 2 aromatic rings. The topological polar surface area (TPSA) is 37.3 Å². The van der Waals surface area contributed by atoms with Gasteiger partial charge in [0, 0.05) is 4.47 Å². The van der Waals surface area contributed by atoms with Gasteiger partial charge < -0.3 is 5.11 Å². The minimum Gasteiger partial charge on any atom is -0.481 e. The van der Waals surface area contributed by atoms with Gasteiger partial charge in [0.15, 0.2) is 0 Å². The van der Waals surface area contributed by atoms with E-state index < -0.39 is 11.9 Å². The van der Waals surface area contributed by atoms with Crippen molar-refractivity contribution in [3.63, 3.8) is 0 Å². The highest BCUT2D eigenvalue weighted by Crippen LogP contribution is 2.24. The summed E-state index contributed by atoms with van der Waals surface area (Å²) in [5.74, 6) is -1.96. The molecule has 1 unspecified atom stereocenters. The van der Waals surface area contributed by atoms with E-state index in [9.17, 15) is 14.3 Å². The lowest BCUT2D eigenvalue weighted by Gasteiger charge is -2.13. The molecule has 0 amide bonds. The molecule has 19 heavy (non-hydrogen) atoms. The number of rotatable bonds is 4. The van der Waals surface area contributed by atoms with Gasteiger partial charge in [-0.2, -0.15) is 0 Å². The van der Waals surface area contributed by atoms with Crippen LogP contribution in [0, 0.1) is 5.82 Å². The average Bonchev–Trinajstić information content (AvgIpc) is 2.35. The summed E-state index contributed by atoms with van der Waals surface area (Å²) >= 11 is 3.21. The Kier molecular flexibility index (Phi) is 4.32. The van der Waals surface area contributed by atoms with Gasteiger partial charge in [0.1, 0.15) is 5.82 Å². The number of halogens is 2. The normalized spacial score (nSPS) is 12.1. The number of hydrogen-bond donors (Lipinski definition) is 1. The molecular weight excluding hydrogens is 311 g/mol. The Balaban J connectivity index is 2.29. The lowest BCUT2D eigenvalue weighted by Crippen LogP contribution is -2.14. The van der Waals surface area contributed by atoms with Crippen LogP contribution in [0.15, 0.2) is 53.0 Å². The fraction of sp³-hybridized carbons (Fsp3) is 0.133. The second kappa shape index (κ2) is 5.97. The Morgan fingerprint density at radius 3 is 2.47 bits per heavy atom. The molecule has 2 aromatic carbocycles. The van der Waals surface area contributed by atoms with Crippen molar-refractivity contribution in [2.24, 2.45) is 0 Å². The van der Waals surface area contributed by atoms with Crippen molar-refractivity contribution in [3.8, 4) is 0 Å². The number of aliphatic carboxylic acids is 1. The molecule has 0 saturated carbocycles. The van der Waals surface area contributed by atoms with Crippen LogP contribution in [0.5, 0.6) is 0 Å². The van der Waals surface area contributed by atoms with Gasteiger partial charge in [-0.25, -0.2) is 4.39 Å². The molecule has 0 aliphatic heterocycles. The third-order valence-corrected chi connectivity index (χ3v) is 3.32. The number of carboxylic acid groups (broad SMARTS) is 1. The van der Waals surface area contributed by atoms with Crippen LogP contribution < -0.4 is 0 Å². The minimum atomic E-state index is -0.911. The predicted molar refractivity (Wildman–Crippen MR) is 74.6 cm³/mol. The number of carboxylic acids is 1. The smallest absolute Gasteiger partial charge is 0.311 e. The first-order valence-corrected chi connectivity index (χ1v) is 6.58. The highest BCUT2D eigenvalue weighted by molar-refractivity contribution is 9.10. The van der Waals surface area contributed by atoms with Crippen LogP contribution in [-0.4, -0.2) is 11.1 Å². The molecule has 2 nitrogen and oxygen atoms in total. The average molecular weight is 323 g/mol. The third kappa shape index (κ3) is 3.64. The molecule has 0 bridgehead atoms. The van der Waals surface area contributed by atoms with Crippen LogP contribution in [-0.2, 0) is 11.2 Å². The van der Waals surface area contributed by atoms with Crippen LogP contribution >= 0.6 is 15.9 Å². The maximum absolute atomic E-state index is 13.3. The summed E-state index contributed by atoms with van der Waals surface area (Å²) in [7, 11) is 0. The zero-order valence-electron chi connectivity index (χ0n) is 10.0. The molecule has 1 N–H and O–H groups in total. The Bertz CT molecular complexity index is 564. The molecule has 0 heterocycles. The Labute approximate surface area is 119 Å². The maximum atomic E-state index is 13.3. The van der Waals surface area contributed by atoms with E-state index in [1.54, 1.807) is 30.3 Å². The van der Waals surface area contributed by atoms with Crippen molar-refractivity contribution in [1.82, 2.24) is 0 Å². The van der Waals surface area contributed by atoms with E-state index in [0.29, 0.717) is 10.0 Å². The summed E-state index contributed by atoms with van der Waals surface area (Å²) in [6.07, 6.45) is 0.260. The van der Waals surface area contributed by atoms with Crippen molar-refractivity contribution in [2.45, 2.75) is 12.3 Å². The first kappa shape index (κ1) is 13.7. The summed E-state index contributed by atoms with van der Waals surface area (Å²) < 4.78 is 13.9. The summed E-state index contributed by atoms with van der Waals surface area (Å²) in [4.78, 5) is 11.4. The summed E-state index contributed by atoms with van der Waals surface area (Å²) in [5.41, 5.74) is 1.37. The number of hydrogen-bond acceptors (Lipinski definition) is 1. The summed E-state index contributed by atoms with van der Waals surface area (Å²) in [5, 5.41) is 9.32. The SMILES string of the molecule is O=C(O)C(Cc1cc(F)cc(Br)c1)c1ccccc1. The van der Waals surface area contributed by atoms with Gasteiger partial charge >= 0.3 is 5.97 Å². The van der Waals surface area contributed by atoms with Crippen molar-refractivity contribution in [1.29, 1.82) is 0 Å². The van der Waals surface area contributed by atoms with Gasteiger partial charge in [0.2, 0.25) is 0 Å². The van der Waals surface area contributed by atoms with Crippen LogP contribution in [0.3, 0.4) is 0 Å². The predicted octanol–water partition coefficient (Wildman–Crippen LogP) is 4.00. The fourth-order valence-corrected chi connectivity index (χ4v) is 2.51. The maximum Gasteiger partial charge on any atom is 0.311 e. The van der Waals surface area contributed by atoms with Crippen LogP contribution in [0.25, 0.3) is 0 Å². The second-order valence-electron chi connectivity index (χ2n) is 4.28. The summed E-state index contributed by atoms with van der Waals surface area (Å²) in [6.45, 7) is 0. The van der Waals surface area contributed by atoms with Crippen molar-refractivity contribution < 1.29 is 14.3 Å². The van der Waals surface area contributed by atoms with Gasteiger partial charge in [-0.15, -0.1) is 0 Å². The van der Waals surface area contributed by atoms with Gasteiger partial charge in [-0.3, -0.25) is 4.79 Å². The Hall–Kier alpha value is -1.68. The largest absolute Gasteiger partial charge is 0.481 e. The molecular formula is C15H12BrFO2. The fourth-order valence-electron chi connectivity index (χ4n) is 2.00. The van der Waals surface area contributed by atoms with Gasteiger partial charge in [0.25, 0.3) is 0 Å². The lowest BCUT2D eigenvalue weighted by molar-refractivity contribution is -0.138. The zero-order chi connectivity index (χ0) is 13.8. The molecule has 0 fully saturated rings. The number of carbonyl (C=O) groups is 1. The van der Waals surface area contributed by atoms with Gasteiger partial charge in [-0.1, -0.05) is 46.3 Å². The highest BCUT2D eigenvalue weighted by atomic mass is 79.9. The van der Waals surface area contributed by atoms with E-state index in [0.717, 1.165) is 5.56 Å². The van der Waals surface area contributed by atoms with E-state index in [1.807, 2.05) is 6.07 Å². The third-order valence-electron chi connectivity index (χ3n) is 2.86. The zero-order valence-corrected chi connectivity index (χ0v) is 11.6. The minimum absolute atomic E-state index is 0.260. The molecule has 4 heteroatoms. The first-order valence-electron chi connectivity index (χ1n) is 5.79. The standard InChI is InChI=1S/C15H12BrFO2/c16-12-6-10(7-13(17)9-12)8-14(15(18)19)11-4-2-1-3-5-11/h1-7,9,14H,8H2,(H,18,19). The van der Waals surface area contributed by atoms with Crippen molar-refractivity contribution in [2.75, 3.05) is 0 Å². The van der Waals surface area contributed by atoms with E-state index in [1.165, 1.54) is 12.1 Å². The monoisotopic (exact) mass is 322 g/mol. The van der Waals surface area contributed by atoms with Gasteiger partial charge in [0.05, 0.1) is 5.92 Å². The number of benzene rings is 2. The molecule has 0 spiro atoms. The molecule has 98 valence electrons. The molecule has 0 radical (unpaired) electrons. The quantitative estimate of drug-likeness (QED) is 0.923. The Morgan fingerprint density at radius 1 is 1.21 bits per heavy atom. The van der Waals surface area contributed by atoms with Crippen LogP contribution in [0.4, 0.5) is 4.39 Å². The highest BCUT2D eigenvalue weighted by Gasteiger charge is 2.20. The van der Waals surface area contributed by atoms with Crippen molar-refractivity contribution in [3.05, 3.63) is 69.9 Å². The van der Waals surface area contributed by atoms with E-state index in [4.69, 9.17) is 0 Å². The molecule has 1 atom stereocenters. The van der Waals surface area contributed by atoms with Crippen molar-refractivity contribution >= 4 is 21.9 Å². The van der Waals surface area contributed by atoms with E-state index in [2.05, 4.69) is 15.9 Å². The summed E-state index contributed by atoms with van der Waals surface area (Å²) in [6, 6.07) is 13.4. The molecule has 0 aliphatic rings. The van der Waals surface area contributed by atoms with Crippen LogP contribution in [0.2, 0.25) is 0 Å². The molecule has 0 aromatic heterocycles. The lowest BCUT2D eigenvalue weighted by atomic mass is 9.92. The molecule has 2 rings (SSSR count). The van der Waals surface area contributed by atoms with Gasteiger partial charge in [-0.05, 0) is 35.7 Å². The van der Waals surface area contributed by atoms with E-state index >= 15 is 0 Å². The van der Waals surface area contributed by atoms with Crippen LogP contribution in [0.1, 0.15) is 17.0 Å². The first-order chi connectivity index (χ1) is 9.06. The Morgan fingerprint density at radius 2 is 1.89 bits per heavy atom. The molecule has 0 aliphatic carbocycles. The second-order valence-corrected chi connectivity index (χ2v) is 5.20. The van der Waals surface area contributed by atoms with E-state index in [-0.39, 0.29) is 12.2 Å². The molecule has 0 saturated heterocycles.